The molecule has 2 aromatic carbocycles. The quantitative estimate of drug-likeness (QED) is 0.542. The molecule has 1 N–H and O–H groups in total. The molecule has 1 heterocycles. The van der Waals surface area contributed by atoms with Gasteiger partial charge in [0.1, 0.15) is 5.82 Å². The lowest BCUT2D eigenvalue weighted by molar-refractivity contribution is -0.137. The van der Waals surface area contributed by atoms with Crippen LogP contribution in [0.5, 0.6) is 0 Å². The van der Waals surface area contributed by atoms with Crippen LogP contribution >= 0.6 is 22.9 Å². The van der Waals surface area contributed by atoms with Crippen LogP contribution in [0.1, 0.15) is 31.5 Å². The number of alkyl halides is 3. The van der Waals surface area contributed by atoms with Gasteiger partial charge in [-0.3, -0.25) is 4.79 Å². The largest absolute Gasteiger partial charge is 0.416 e. The van der Waals surface area contributed by atoms with Gasteiger partial charge in [-0.15, -0.1) is 10.2 Å². The summed E-state index contributed by atoms with van der Waals surface area (Å²) in [7, 11) is 0. The van der Waals surface area contributed by atoms with Crippen LogP contribution in [0.2, 0.25) is 0 Å². The van der Waals surface area contributed by atoms with Gasteiger partial charge in [0.15, 0.2) is 5.01 Å². The molecule has 0 aliphatic rings. The van der Waals surface area contributed by atoms with Crippen LogP contribution in [-0.2, 0) is 12.7 Å². The number of halogens is 5. The Hall–Kier alpha value is -2.78. The summed E-state index contributed by atoms with van der Waals surface area (Å²) in [6, 6.07) is 10.1. The molecule has 0 saturated heterocycles. The summed E-state index contributed by atoms with van der Waals surface area (Å²) in [5.74, 6) is -0.847. The van der Waals surface area contributed by atoms with Crippen molar-refractivity contribution in [2.45, 2.75) is 12.7 Å². The summed E-state index contributed by atoms with van der Waals surface area (Å²) in [6.45, 7) is 0.184. The number of carbonyl (C=O) groups excluding carboxylic acids is 1. The minimum Gasteiger partial charge on any atom is -0.346 e. The maximum atomic E-state index is 12.9. The number of benzene rings is 2. The van der Waals surface area contributed by atoms with Gasteiger partial charge in [-0.2, -0.15) is 13.2 Å². The summed E-state index contributed by atoms with van der Waals surface area (Å²) in [5, 5.41) is 10.7. The second-order valence-corrected chi connectivity index (χ2v) is 7.22. The van der Waals surface area contributed by atoms with E-state index in [0.717, 1.165) is 23.5 Å². The van der Waals surface area contributed by atoms with Crippen LogP contribution in [0, 0.1) is 5.82 Å². The molecule has 0 radical (unpaired) electrons. The number of hydrogen-bond donors (Lipinski definition) is 1. The van der Waals surface area contributed by atoms with Crippen molar-refractivity contribution in [2.75, 3.05) is 0 Å². The first-order valence-electron chi connectivity index (χ1n) is 8.13. The van der Waals surface area contributed by atoms with E-state index in [1.54, 1.807) is 12.1 Å². The molecule has 10 heteroatoms. The number of carbonyl (C=O) groups is 1. The van der Waals surface area contributed by atoms with Crippen LogP contribution in [0.4, 0.5) is 17.6 Å². The summed E-state index contributed by atoms with van der Waals surface area (Å²) < 4.78 is 50.7. The van der Waals surface area contributed by atoms with Crippen LogP contribution in [0.25, 0.3) is 11.1 Å². The molecule has 0 atom stereocenters. The minimum absolute atomic E-state index is 0.0704. The first-order chi connectivity index (χ1) is 13.7. The Morgan fingerprint density at radius 1 is 1.03 bits per heavy atom. The minimum atomic E-state index is -4.42. The van der Waals surface area contributed by atoms with Crippen molar-refractivity contribution >= 4 is 40.0 Å². The van der Waals surface area contributed by atoms with Gasteiger partial charge < -0.3 is 5.32 Å². The van der Waals surface area contributed by atoms with E-state index in [4.69, 9.17) is 11.6 Å². The van der Waals surface area contributed by atoms with Crippen molar-refractivity contribution in [3.8, 4) is 0 Å². The molecule has 3 aromatic rings. The average molecular weight is 442 g/mol. The van der Waals surface area contributed by atoms with E-state index in [1.165, 1.54) is 30.3 Å². The maximum absolute atomic E-state index is 12.9. The molecule has 4 nitrogen and oxygen atoms in total. The van der Waals surface area contributed by atoms with Gasteiger partial charge >= 0.3 is 6.18 Å². The highest BCUT2D eigenvalue weighted by molar-refractivity contribution is 7.15. The molecule has 0 aliphatic carbocycles. The Morgan fingerprint density at radius 2 is 1.66 bits per heavy atom. The van der Waals surface area contributed by atoms with Crippen molar-refractivity contribution in [2.24, 2.45) is 0 Å². The van der Waals surface area contributed by atoms with E-state index in [-0.39, 0.29) is 27.4 Å². The average Bonchev–Trinajstić information content (AvgIpc) is 3.17. The number of hydrogen-bond acceptors (Lipinski definition) is 4. The number of nitrogens with one attached hydrogen (secondary N) is 1. The predicted molar refractivity (Wildman–Crippen MR) is 103 cm³/mol. The third kappa shape index (κ3) is 5.61. The van der Waals surface area contributed by atoms with E-state index < -0.39 is 17.6 Å². The molecule has 1 aromatic heterocycles. The molecule has 0 unspecified atom stereocenters. The molecule has 150 valence electrons. The van der Waals surface area contributed by atoms with E-state index >= 15 is 0 Å². The number of rotatable bonds is 5. The van der Waals surface area contributed by atoms with Crippen molar-refractivity contribution in [3.63, 3.8) is 0 Å². The molecule has 1 amide bonds. The Labute approximate surface area is 171 Å². The number of aromatic nitrogens is 2. The highest BCUT2D eigenvalue weighted by atomic mass is 35.5. The molecular formula is C19H12ClF4N3OS. The molecule has 0 fully saturated rings. The van der Waals surface area contributed by atoms with Gasteiger partial charge in [0.2, 0.25) is 5.01 Å². The number of amides is 1. The van der Waals surface area contributed by atoms with Crippen LogP contribution in [-0.4, -0.2) is 16.1 Å². The zero-order chi connectivity index (χ0) is 21.0. The van der Waals surface area contributed by atoms with Crippen LogP contribution < -0.4 is 5.32 Å². The lowest BCUT2D eigenvalue weighted by Crippen LogP contribution is -2.22. The second-order valence-electron chi connectivity index (χ2n) is 5.83. The SMILES string of the molecule is O=C(NCc1ccc(F)cc1)c1nnc(/C(Cl)=C/c2ccc(C(F)(F)F)cc2)s1. The van der Waals surface area contributed by atoms with Crippen molar-refractivity contribution in [3.05, 3.63) is 81.1 Å². The molecule has 3 rings (SSSR count). The first kappa shape index (κ1) is 20.9. The van der Waals surface area contributed by atoms with Crippen molar-refractivity contribution in [1.29, 1.82) is 0 Å². The fourth-order valence-electron chi connectivity index (χ4n) is 2.25. The van der Waals surface area contributed by atoms with E-state index in [9.17, 15) is 22.4 Å². The van der Waals surface area contributed by atoms with Crippen molar-refractivity contribution in [1.82, 2.24) is 15.5 Å². The Kier molecular flexibility index (Phi) is 6.29. The standard InChI is InChI=1S/C19H12ClF4N3OS/c20-15(9-11-1-5-13(6-2-11)19(22,23)24)17-26-27-18(29-17)16(28)25-10-12-3-7-14(21)8-4-12/h1-9H,10H2,(H,25,28)/b15-9-. The third-order valence-corrected chi connectivity index (χ3v) is 5.08. The van der Waals surface area contributed by atoms with E-state index in [0.29, 0.717) is 11.1 Å². The maximum Gasteiger partial charge on any atom is 0.416 e. The normalized spacial score (nSPS) is 12.1. The Balaban J connectivity index is 1.65. The summed E-state index contributed by atoms with van der Waals surface area (Å²) in [4.78, 5) is 12.2. The van der Waals surface area contributed by atoms with Gasteiger partial charge in [-0.25, -0.2) is 4.39 Å². The smallest absolute Gasteiger partial charge is 0.346 e. The fourth-order valence-corrected chi connectivity index (χ4v) is 3.20. The van der Waals surface area contributed by atoms with Crippen LogP contribution in [0.3, 0.4) is 0 Å². The zero-order valence-corrected chi connectivity index (χ0v) is 16.1. The second kappa shape index (κ2) is 8.71. The lowest BCUT2D eigenvalue weighted by atomic mass is 10.1. The van der Waals surface area contributed by atoms with Gasteiger partial charge in [0.05, 0.1) is 10.6 Å². The van der Waals surface area contributed by atoms with Gasteiger partial charge in [-0.05, 0) is 41.5 Å². The van der Waals surface area contributed by atoms with E-state index in [2.05, 4.69) is 15.5 Å². The third-order valence-electron chi connectivity index (χ3n) is 3.72. The fraction of sp³-hybridized carbons (Fsp3) is 0.105. The van der Waals surface area contributed by atoms with Crippen molar-refractivity contribution < 1.29 is 22.4 Å². The molecule has 0 saturated carbocycles. The number of nitrogens with zero attached hydrogens (tertiary/aromatic N) is 2. The topological polar surface area (TPSA) is 54.9 Å². The summed E-state index contributed by atoms with van der Waals surface area (Å²) >= 11 is 7.09. The van der Waals surface area contributed by atoms with Gasteiger partial charge in [0.25, 0.3) is 5.91 Å². The predicted octanol–water partition coefficient (Wildman–Crippen LogP) is 5.36. The highest BCUT2D eigenvalue weighted by Gasteiger charge is 2.29. The monoisotopic (exact) mass is 441 g/mol. The molecule has 0 bridgehead atoms. The Bertz CT molecular complexity index is 1030. The lowest BCUT2D eigenvalue weighted by Gasteiger charge is -2.06. The van der Waals surface area contributed by atoms with Gasteiger partial charge in [-0.1, -0.05) is 47.2 Å². The summed E-state index contributed by atoms with van der Waals surface area (Å²) in [5.41, 5.74) is 0.395. The first-order valence-corrected chi connectivity index (χ1v) is 9.33. The Morgan fingerprint density at radius 3 is 2.28 bits per heavy atom. The molecular weight excluding hydrogens is 430 g/mol. The summed E-state index contributed by atoms with van der Waals surface area (Å²) in [6.07, 6.45) is -2.98. The molecule has 0 aliphatic heterocycles. The van der Waals surface area contributed by atoms with Crippen LogP contribution in [0.15, 0.2) is 48.5 Å². The highest BCUT2D eigenvalue weighted by Crippen LogP contribution is 2.30. The molecule has 0 spiro atoms. The molecule has 29 heavy (non-hydrogen) atoms. The van der Waals surface area contributed by atoms with Gasteiger partial charge in [0, 0.05) is 6.54 Å². The zero-order valence-electron chi connectivity index (χ0n) is 14.5. The van der Waals surface area contributed by atoms with E-state index in [1.807, 2.05) is 0 Å².